The van der Waals surface area contributed by atoms with Crippen molar-refractivity contribution in [2.45, 2.75) is 17.9 Å². The second kappa shape index (κ2) is 5.03. The fraction of sp³-hybridized carbons (Fsp3) is 0.200. The maximum absolute atomic E-state index is 11.9. The van der Waals surface area contributed by atoms with Crippen molar-refractivity contribution >= 4 is 21.6 Å². The number of rotatable bonds is 4. The van der Waals surface area contributed by atoms with Gasteiger partial charge in [-0.3, -0.25) is 4.79 Å². The number of anilines is 1. The lowest BCUT2D eigenvalue weighted by Crippen LogP contribution is -2.42. The van der Waals surface area contributed by atoms with Crippen LogP contribution in [0.3, 0.4) is 0 Å². The van der Waals surface area contributed by atoms with E-state index in [1.165, 1.54) is 25.1 Å². The average Bonchev–Trinajstić information content (AvgIpc) is 2.27. The van der Waals surface area contributed by atoms with Crippen molar-refractivity contribution in [1.29, 1.82) is 5.26 Å². The molecule has 0 aromatic heterocycles. The van der Waals surface area contributed by atoms with Crippen molar-refractivity contribution in [1.82, 2.24) is 4.72 Å². The van der Waals surface area contributed by atoms with E-state index in [0.29, 0.717) is 0 Å². The van der Waals surface area contributed by atoms with Gasteiger partial charge in [-0.25, -0.2) is 8.42 Å². The third-order valence-corrected chi connectivity index (χ3v) is 3.77. The Labute approximate surface area is 104 Å². The first kappa shape index (κ1) is 14.0. The van der Waals surface area contributed by atoms with Gasteiger partial charge in [0.1, 0.15) is 6.07 Å². The molecule has 96 valence electrons. The Hall–Kier alpha value is -2.11. The van der Waals surface area contributed by atoms with Gasteiger partial charge in [0.2, 0.25) is 15.9 Å². The molecular weight excluding hydrogens is 256 g/mol. The highest BCUT2D eigenvalue weighted by Crippen LogP contribution is 2.18. The smallest absolute Gasteiger partial charge is 0.242 e. The van der Waals surface area contributed by atoms with Crippen molar-refractivity contribution in [3.05, 3.63) is 23.8 Å². The number of nitrogens with one attached hydrogen (secondary N) is 1. The van der Waals surface area contributed by atoms with Crippen LogP contribution in [-0.2, 0) is 14.8 Å². The normalized spacial score (nSPS) is 12.7. The van der Waals surface area contributed by atoms with E-state index in [0.717, 1.165) is 0 Å². The molecule has 1 unspecified atom stereocenters. The summed E-state index contributed by atoms with van der Waals surface area (Å²) in [6.45, 7) is 1.31. The Balaban J connectivity index is 3.22. The van der Waals surface area contributed by atoms with Crippen molar-refractivity contribution in [3.8, 4) is 6.07 Å². The minimum Gasteiger partial charge on any atom is -0.399 e. The SMILES string of the molecule is CC(NS(=O)(=O)c1ccc(N)cc1C#N)C(N)=O. The Morgan fingerprint density at radius 2 is 2.11 bits per heavy atom. The third-order valence-electron chi connectivity index (χ3n) is 2.17. The second-order valence-electron chi connectivity index (χ2n) is 3.61. The highest BCUT2D eigenvalue weighted by Gasteiger charge is 2.23. The number of nitrogens with zero attached hydrogens (tertiary/aromatic N) is 1. The molecule has 1 atom stereocenters. The molecule has 0 bridgehead atoms. The number of nitriles is 1. The van der Waals surface area contributed by atoms with Gasteiger partial charge in [0.05, 0.1) is 16.5 Å². The van der Waals surface area contributed by atoms with Crippen LogP contribution in [0.2, 0.25) is 0 Å². The molecule has 0 aliphatic heterocycles. The molecule has 7 nitrogen and oxygen atoms in total. The van der Waals surface area contributed by atoms with Crippen molar-refractivity contribution in [2.75, 3.05) is 5.73 Å². The third kappa shape index (κ3) is 2.97. The van der Waals surface area contributed by atoms with E-state index >= 15 is 0 Å². The Bertz CT molecular complexity index is 619. The van der Waals surface area contributed by atoms with E-state index in [1.54, 1.807) is 6.07 Å². The average molecular weight is 268 g/mol. The highest BCUT2D eigenvalue weighted by molar-refractivity contribution is 7.89. The van der Waals surface area contributed by atoms with Gasteiger partial charge in [-0.05, 0) is 25.1 Å². The predicted octanol–water partition coefficient (Wildman–Crippen LogP) is -0.707. The summed E-state index contributed by atoms with van der Waals surface area (Å²) in [6, 6.07) is 4.45. The largest absolute Gasteiger partial charge is 0.399 e. The molecule has 0 saturated carbocycles. The molecule has 1 rings (SSSR count). The van der Waals surface area contributed by atoms with Crippen LogP contribution in [0.1, 0.15) is 12.5 Å². The van der Waals surface area contributed by atoms with Gasteiger partial charge >= 0.3 is 0 Å². The highest BCUT2D eigenvalue weighted by atomic mass is 32.2. The van der Waals surface area contributed by atoms with Crippen LogP contribution in [0.25, 0.3) is 0 Å². The summed E-state index contributed by atoms with van der Waals surface area (Å²) in [4.78, 5) is 10.6. The van der Waals surface area contributed by atoms with Gasteiger partial charge in [0, 0.05) is 5.69 Å². The maximum Gasteiger partial charge on any atom is 0.242 e. The zero-order valence-corrected chi connectivity index (χ0v) is 10.4. The molecule has 0 spiro atoms. The van der Waals surface area contributed by atoms with Crippen molar-refractivity contribution in [3.63, 3.8) is 0 Å². The first-order chi connectivity index (χ1) is 8.27. The van der Waals surface area contributed by atoms with Gasteiger partial charge in [-0.2, -0.15) is 9.98 Å². The topological polar surface area (TPSA) is 139 Å². The predicted molar refractivity (Wildman–Crippen MR) is 64.5 cm³/mol. The molecule has 18 heavy (non-hydrogen) atoms. The number of primary amides is 1. The zero-order chi connectivity index (χ0) is 13.9. The summed E-state index contributed by atoms with van der Waals surface area (Å²) in [5.74, 6) is -0.812. The molecule has 5 N–H and O–H groups in total. The number of carbonyl (C=O) groups excluding carboxylic acids is 1. The summed E-state index contributed by atoms with van der Waals surface area (Å²) in [5.41, 5.74) is 10.6. The van der Waals surface area contributed by atoms with Crippen LogP contribution in [0.5, 0.6) is 0 Å². The molecule has 8 heteroatoms. The molecule has 0 saturated heterocycles. The number of benzene rings is 1. The van der Waals surface area contributed by atoms with Crippen LogP contribution in [-0.4, -0.2) is 20.4 Å². The van der Waals surface area contributed by atoms with Crippen LogP contribution in [0.4, 0.5) is 5.69 Å². The first-order valence-corrected chi connectivity index (χ1v) is 6.37. The van der Waals surface area contributed by atoms with Crippen molar-refractivity contribution in [2.24, 2.45) is 5.73 Å². The summed E-state index contributed by atoms with van der Waals surface area (Å²) in [7, 11) is -3.99. The van der Waals surface area contributed by atoms with Crippen LogP contribution < -0.4 is 16.2 Å². The fourth-order valence-electron chi connectivity index (χ4n) is 1.22. The Morgan fingerprint density at radius 1 is 1.50 bits per heavy atom. The number of nitrogen functional groups attached to an aromatic ring is 1. The monoisotopic (exact) mass is 268 g/mol. The first-order valence-electron chi connectivity index (χ1n) is 4.89. The molecule has 0 aliphatic carbocycles. The minimum atomic E-state index is -3.99. The number of amides is 1. The minimum absolute atomic E-state index is 0.0980. The van der Waals surface area contributed by atoms with E-state index in [-0.39, 0.29) is 16.1 Å². The lowest BCUT2D eigenvalue weighted by Gasteiger charge is -2.12. The van der Waals surface area contributed by atoms with E-state index in [9.17, 15) is 13.2 Å². The second-order valence-corrected chi connectivity index (χ2v) is 5.30. The number of hydrogen-bond donors (Lipinski definition) is 3. The fourth-order valence-corrected chi connectivity index (χ4v) is 2.57. The lowest BCUT2D eigenvalue weighted by atomic mass is 10.2. The molecule has 0 fully saturated rings. The molecule has 1 aromatic carbocycles. The van der Waals surface area contributed by atoms with E-state index < -0.39 is 22.0 Å². The van der Waals surface area contributed by atoms with Gasteiger partial charge in [-0.15, -0.1) is 0 Å². The lowest BCUT2D eigenvalue weighted by molar-refractivity contribution is -0.119. The van der Waals surface area contributed by atoms with Gasteiger partial charge in [-0.1, -0.05) is 0 Å². The van der Waals surface area contributed by atoms with E-state index in [2.05, 4.69) is 4.72 Å². The molecule has 0 aliphatic rings. The maximum atomic E-state index is 11.9. The summed E-state index contributed by atoms with van der Waals surface area (Å²) >= 11 is 0. The molecule has 0 radical (unpaired) electrons. The quantitative estimate of drug-likeness (QED) is 0.619. The van der Waals surface area contributed by atoms with E-state index in [1.807, 2.05) is 0 Å². The van der Waals surface area contributed by atoms with Gasteiger partial charge in [0.15, 0.2) is 0 Å². The van der Waals surface area contributed by atoms with E-state index in [4.69, 9.17) is 16.7 Å². The zero-order valence-electron chi connectivity index (χ0n) is 9.54. The summed E-state index contributed by atoms with van der Waals surface area (Å²) < 4.78 is 25.9. The number of hydrogen-bond acceptors (Lipinski definition) is 5. The molecule has 1 amide bonds. The standard InChI is InChI=1S/C10H12N4O3S/c1-6(10(13)15)14-18(16,17)9-3-2-8(12)4-7(9)5-11/h2-4,6,14H,12H2,1H3,(H2,13,15). The summed E-state index contributed by atoms with van der Waals surface area (Å²) in [6.07, 6.45) is 0. The van der Waals surface area contributed by atoms with Crippen LogP contribution in [0.15, 0.2) is 23.1 Å². The molecule has 1 aromatic rings. The summed E-state index contributed by atoms with van der Waals surface area (Å²) in [5, 5.41) is 8.86. The van der Waals surface area contributed by atoms with Gasteiger partial charge < -0.3 is 11.5 Å². The van der Waals surface area contributed by atoms with Crippen molar-refractivity contribution < 1.29 is 13.2 Å². The molecular formula is C10H12N4O3S. The Morgan fingerprint density at radius 3 is 2.61 bits per heavy atom. The Kier molecular flexibility index (Phi) is 3.90. The number of sulfonamides is 1. The molecule has 0 heterocycles. The number of nitrogens with two attached hydrogens (primary N) is 2. The van der Waals surface area contributed by atoms with Crippen LogP contribution in [0, 0.1) is 11.3 Å². The van der Waals surface area contributed by atoms with Crippen LogP contribution >= 0.6 is 0 Å². The van der Waals surface area contributed by atoms with Gasteiger partial charge in [0.25, 0.3) is 0 Å². The number of carbonyl (C=O) groups is 1.